The number of carbonyl (C=O) groups is 2. The highest BCUT2D eigenvalue weighted by Gasteiger charge is 2.35. The quantitative estimate of drug-likeness (QED) is 0.164. The topological polar surface area (TPSA) is 96.0 Å². The van der Waals surface area contributed by atoms with Crippen LogP contribution < -0.4 is 14.4 Å². The van der Waals surface area contributed by atoms with Crippen molar-refractivity contribution in [2.24, 2.45) is 0 Å². The Bertz CT molecular complexity index is 1740. The molecule has 0 aromatic heterocycles. The number of hydrogen-bond donors (Lipinski definition) is 1. The average Bonchev–Trinajstić information content (AvgIpc) is 3.01. The first-order valence-corrected chi connectivity index (χ1v) is 17.6. The molecule has 1 atom stereocenters. The second-order valence-electron chi connectivity index (χ2n) is 12.2. The van der Waals surface area contributed by atoms with Crippen molar-refractivity contribution in [1.29, 1.82) is 0 Å². The molecule has 2 amide bonds. The second kappa shape index (κ2) is 15.7. The summed E-state index contributed by atoms with van der Waals surface area (Å²) in [4.78, 5) is 29.6. The van der Waals surface area contributed by atoms with Gasteiger partial charge in [0.15, 0.2) is 0 Å². The molecule has 11 heteroatoms. The van der Waals surface area contributed by atoms with Crippen molar-refractivity contribution < 1.29 is 22.7 Å². The van der Waals surface area contributed by atoms with Crippen LogP contribution in [0.1, 0.15) is 37.5 Å². The molecule has 0 spiro atoms. The molecule has 0 fully saturated rings. The van der Waals surface area contributed by atoms with Gasteiger partial charge >= 0.3 is 0 Å². The van der Waals surface area contributed by atoms with Gasteiger partial charge in [-0.3, -0.25) is 13.9 Å². The van der Waals surface area contributed by atoms with Crippen molar-refractivity contribution in [3.8, 4) is 5.75 Å². The van der Waals surface area contributed by atoms with E-state index in [9.17, 15) is 18.0 Å². The fourth-order valence-electron chi connectivity index (χ4n) is 4.92. The Morgan fingerprint density at radius 1 is 0.809 bits per heavy atom. The molecule has 0 aliphatic carbocycles. The smallest absolute Gasteiger partial charge is 0.244 e. The molecule has 0 aliphatic rings. The van der Waals surface area contributed by atoms with Gasteiger partial charge in [-0.15, -0.1) is 0 Å². The Hall–Kier alpha value is -4.05. The standard InChI is InChI=1S/C36H39Cl2N3O5S/c1-36(2,3)39-35(43)33(22-26-12-7-5-8-13-26)40(23-30-31(37)16-11-17-32(30)38)34(42)24-41(47(4,44)45)28-18-20-29(21-19-28)46-25-27-14-9-6-10-15-27/h5-21,33H,22-25H2,1-4H3,(H,39,43). The van der Waals surface area contributed by atoms with Gasteiger partial charge in [-0.05, 0) is 68.3 Å². The number of ether oxygens (including phenoxy) is 1. The zero-order valence-corrected chi connectivity index (χ0v) is 29.1. The van der Waals surface area contributed by atoms with Crippen molar-refractivity contribution >= 4 is 50.7 Å². The molecule has 248 valence electrons. The van der Waals surface area contributed by atoms with Crippen LogP contribution in [0.15, 0.2) is 103 Å². The predicted molar refractivity (Wildman–Crippen MR) is 188 cm³/mol. The lowest BCUT2D eigenvalue weighted by molar-refractivity contribution is -0.140. The fourth-order valence-corrected chi connectivity index (χ4v) is 6.29. The van der Waals surface area contributed by atoms with E-state index in [1.807, 2.05) is 81.4 Å². The molecule has 8 nitrogen and oxygen atoms in total. The third-order valence-electron chi connectivity index (χ3n) is 7.21. The van der Waals surface area contributed by atoms with Crippen molar-refractivity contribution in [1.82, 2.24) is 10.2 Å². The first kappa shape index (κ1) is 35.8. The third kappa shape index (κ3) is 10.5. The SMILES string of the molecule is CC(C)(C)NC(=O)C(Cc1ccccc1)N(Cc1c(Cl)cccc1Cl)C(=O)CN(c1ccc(OCc2ccccc2)cc1)S(C)(=O)=O. The number of halogens is 2. The van der Waals surface area contributed by atoms with Crippen LogP contribution in [0.3, 0.4) is 0 Å². The molecule has 1 N–H and O–H groups in total. The van der Waals surface area contributed by atoms with Crippen LogP contribution in [-0.2, 0) is 39.2 Å². The van der Waals surface area contributed by atoms with Crippen LogP contribution in [0.25, 0.3) is 0 Å². The number of benzene rings is 4. The van der Waals surface area contributed by atoms with E-state index in [0.29, 0.717) is 28.0 Å². The van der Waals surface area contributed by atoms with Crippen LogP contribution in [0, 0.1) is 0 Å². The van der Waals surface area contributed by atoms with E-state index in [-0.39, 0.29) is 18.7 Å². The second-order valence-corrected chi connectivity index (χ2v) is 14.9. The molecular formula is C36H39Cl2N3O5S. The molecule has 0 saturated heterocycles. The Kier molecular flexibility index (Phi) is 12.0. The molecule has 0 heterocycles. The van der Waals surface area contributed by atoms with Crippen molar-refractivity contribution in [3.63, 3.8) is 0 Å². The molecule has 4 aromatic carbocycles. The summed E-state index contributed by atoms with van der Waals surface area (Å²) in [6.07, 6.45) is 1.20. The fraction of sp³-hybridized carbons (Fsp3) is 0.278. The average molecular weight is 697 g/mol. The summed E-state index contributed by atoms with van der Waals surface area (Å²) in [6.45, 7) is 5.18. The predicted octanol–water partition coefficient (Wildman–Crippen LogP) is 6.89. The Morgan fingerprint density at radius 2 is 1.36 bits per heavy atom. The van der Waals surface area contributed by atoms with E-state index in [4.69, 9.17) is 27.9 Å². The Balaban J connectivity index is 1.69. The van der Waals surface area contributed by atoms with Crippen molar-refractivity contribution in [3.05, 3.63) is 130 Å². The van der Waals surface area contributed by atoms with E-state index >= 15 is 0 Å². The van der Waals surface area contributed by atoms with Gasteiger partial charge in [0.1, 0.15) is 24.9 Å². The van der Waals surface area contributed by atoms with Crippen LogP contribution in [0.2, 0.25) is 10.0 Å². The van der Waals surface area contributed by atoms with E-state index < -0.39 is 40.0 Å². The summed E-state index contributed by atoms with van der Waals surface area (Å²) in [7, 11) is -3.95. The zero-order valence-electron chi connectivity index (χ0n) is 26.8. The lowest BCUT2D eigenvalue weighted by Crippen LogP contribution is -2.56. The van der Waals surface area contributed by atoms with Crippen molar-refractivity contribution in [2.75, 3.05) is 17.1 Å². The number of hydrogen-bond acceptors (Lipinski definition) is 5. The summed E-state index contributed by atoms with van der Waals surface area (Å²) < 4.78 is 33.1. The van der Waals surface area contributed by atoms with Crippen LogP contribution in [-0.4, -0.2) is 49.5 Å². The van der Waals surface area contributed by atoms with Gasteiger partial charge in [-0.2, -0.15) is 0 Å². The highest BCUT2D eigenvalue weighted by atomic mass is 35.5. The minimum atomic E-state index is -3.95. The number of nitrogens with zero attached hydrogens (tertiary/aromatic N) is 2. The van der Waals surface area contributed by atoms with Gasteiger partial charge in [0.05, 0.1) is 11.9 Å². The molecular weight excluding hydrogens is 657 g/mol. The normalized spacial score (nSPS) is 12.2. The van der Waals surface area contributed by atoms with Gasteiger partial charge in [-0.1, -0.05) is 89.9 Å². The number of rotatable bonds is 13. The third-order valence-corrected chi connectivity index (χ3v) is 9.06. The van der Waals surface area contributed by atoms with Crippen LogP contribution in [0.5, 0.6) is 5.75 Å². The number of sulfonamides is 1. The van der Waals surface area contributed by atoms with Crippen LogP contribution in [0.4, 0.5) is 5.69 Å². The van der Waals surface area contributed by atoms with Crippen molar-refractivity contribution in [2.45, 2.75) is 51.9 Å². The minimum Gasteiger partial charge on any atom is -0.489 e. The molecule has 0 radical (unpaired) electrons. The van der Waals surface area contributed by atoms with E-state index in [0.717, 1.165) is 21.7 Å². The number of anilines is 1. The summed E-state index contributed by atoms with van der Waals surface area (Å²) in [5, 5.41) is 3.62. The lowest BCUT2D eigenvalue weighted by Gasteiger charge is -2.35. The van der Waals surface area contributed by atoms with Gasteiger partial charge in [-0.25, -0.2) is 8.42 Å². The summed E-state index contributed by atoms with van der Waals surface area (Å²) in [5.41, 5.74) is 1.90. The zero-order chi connectivity index (χ0) is 34.2. The first-order valence-electron chi connectivity index (χ1n) is 15.0. The van der Waals surface area contributed by atoms with E-state index in [2.05, 4.69) is 5.32 Å². The molecule has 0 saturated carbocycles. The summed E-state index contributed by atoms with van der Waals surface area (Å²) in [6, 6.07) is 29.4. The highest BCUT2D eigenvalue weighted by Crippen LogP contribution is 2.28. The maximum absolute atomic E-state index is 14.4. The van der Waals surface area contributed by atoms with Gasteiger partial charge in [0.25, 0.3) is 0 Å². The van der Waals surface area contributed by atoms with E-state index in [1.54, 1.807) is 42.5 Å². The minimum absolute atomic E-state index is 0.129. The number of carbonyl (C=O) groups excluding carboxylic acids is 2. The maximum Gasteiger partial charge on any atom is 0.244 e. The largest absolute Gasteiger partial charge is 0.489 e. The Morgan fingerprint density at radius 3 is 1.89 bits per heavy atom. The summed E-state index contributed by atoms with van der Waals surface area (Å²) >= 11 is 13.1. The molecule has 0 bridgehead atoms. The van der Waals surface area contributed by atoms with Gasteiger partial charge < -0.3 is 15.0 Å². The maximum atomic E-state index is 14.4. The molecule has 1 unspecified atom stereocenters. The van der Waals surface area contributed by atoms with Crippen LogP contribution >= 0.6 is 23.2 Å². The lowest BCUT2D eigenvalue weighted by atomic mass is 10.0. The molecule has 4 rings (SSSR count). The number of amides is 2. The monoisotopic (exact) mass is 695 g/mol. The Labute approximate surface area is 287 Å². The van der Waals surface area contributed by atoms with Gasteiger partial charge in [0.2, 0.25) is 21.8 Å². The molecule has 4 aromatic rings. The molecule has 47 heavy (non-hydrogen) atoms. The summed E-state index contributed by atoms with van der Waals surface area (Å²) in [5.74, 6) is -0.473. The number of nitrogens with one attached hydrogen (secondary N) is 1. The first-order chi connectivity index (χ1) is 22.2. The highest BCUT2D eigenvalue weighted by molar-refractivity contribution is 7.92. The molecule has 0 aliphatic heterocycles. The van der Waals surface area contributed by atoms with Gasteiger partial charge in [0, 0.05) is 34.1 Å². The van der Waals surface area contributed by atoms with E-state index in [1.165, 1.54) is 4.90 Å².